The lowest BCUT2D eigenvalue weighted by Gasteiger charge is -2.33. The summed E-state index contributed by atoms with van der Waals surface area (Å²) in [7, 11) is -2.38. The van der Waals surface area contributed by atoms with Gasteiger partial charge in [-0.05, 0) is 48.9 Å². The number of hydrogen-bond donors (Lipinski definition) is 1. The molecule has 0 heterocycles. The van der Waals surface area contributed by atoms with Crippen LogP contribution in [0, 0.1) is 12.8 Å². The molecule has 0 saturated carbocycles. The van der Waals surface area contributed by atoms with E-state index in [2.05, 4.69) is 5.32 Å². The van der Waals surface area contributed by atoms with Gasteiger partial charge in [-0.25, -0.2) is 8.42 Å². The molecule has 0 aliphatic heterocycles. The fourth-order valence-corrected chi connectivity index (χ4v) is 4.75. The van der Waals surface area contributed by atoms with Crippen LogP contribution in [0.3, 0.4) is 0 Å². The second-order valence-corrected chi connectivity index (χ2v) is 11.2. The maximum Gasteiger partial charge on any atom is 0.244 e. The van der Waals surface area contributed by atoms with Crippen molar-refractivity contribution in [2.24, 2.45) is 5.92 Å². The molecule has 8 nitrogen and oxygen atoms in total. The van der Waals surface area contributed by atoms with Crippen molar-refractivity contribution in [1.82, 2.24) is 10.2 Å². The van der Waals surface area contributed by atoms with Crippen LogP contribution >= 0.6 is 0 Å². The molecule has 0 saturated heterocycles. The predicted molar refractivity (Wildman–Crippen MR) is 144 cm³/mol. The van der Waals surface area contributed by atoms with Crippen LogP contribution in [0.15, 0.2) is 48.5 Å². The quantitative estimate of drug-likeness (QED) is 0.439. The van der Waals surface area contributed by atoms with Gasteiger partial charge in [-0.1, -0.05) is 57.2 Å². The topological polar surface area (TPSA) is 96.0 Å². The van der Waals surface area contributed by atoms with Gasteiger partial charge in [-0.2, -0.15) is 0 Å². The molecule has 2 aromatic carbocycles. The number of aryl methyl sites for hydroxylation is 1. The zero-order chi connectivity index (χ0) is 26.9. The van der Waals surface area contributed by atoms with Gasteiger partial charge in [0.1, 0.15) is 18.3 Å². The van der Waals surface area contributed by atoms with E-state index in [1.807, 2.05) is 64.1 Å². The highest BCUT2D eigenvalue weighted by Gasteiger charge is 2.32. The molecule has 0 spiro atoms. The Bertz CT molecular complexity index is 1120. The van der Waals surface area contributed by atoms with Crippen LogP contribution in [0.1, 0.15) is 38.3 Å². The Morgan fingerprint density at radius 3 is 2.31 bits per heavy atom. The lowest BCUT2D eigenvalue weighted by molar-refractivity contribution is -0.139. The van der Waals surface area contributed by atoms with Crippen LogP contribution in [0.2, 0.25) is 0 Å². The number of sulfonamides is 1. The van der Waals surface area contributed by atoms with Crippen molar-refractivity contribution >= 4 is 27.5 Å². The fraction of sp³-hybridized carbons (Fsp3) is 0.481. The zero-order valence-corrected chi connectivity index (χ0v) is 23.0. The molecule has 2 aromatic rings. The standard InChI is InChI=1S/C27H39N3O5S/c1-7-23(27(32)28-18-20(2)3)29(16-15-22-11-9-8-10-12-22)26(31)19-30(36(6,33)34)24-17-21(4)13-14-25(24)35-5/h8-14,17,20,23H,7,15-16,18-19H2,1-6H3,(H,28,32)/t23-/m0/s1. The van der Waals surface area contributed by atoms with E-state index in [9.17, 15) is 18.0 Å². The molecule has 2 rings (SSSR count). The molecule has 198 valence electrons. The minimum Gasteiger partial charge on any atom is -0.495 e. The Balaban J connectivity index is 2.41. The summed E-state index contributed by atoms with van der Waals surface area (Å²) < 4.78 is 32.1. The molecule has 0 aliphatic rings. The summed E-state index contributed by atoms with van der Waals surface area (Å²) in [6, 6.07) is 14.1. The number of benzene rings is 2. The van der Waals surface area contributed by atoms with E-state index in [0.29, 0.717) is 25.1 Å². The molecule has 0 aliphatic carbocycles. The molecule has 0 bridgehead atoms. The van der Waals surface area contributed by atoms with Gasteiger partial charge < -0.3 is 15.0 Å². The third-order valence-electron chi connectivity index (χ3n) is 5.84. The molecule has 0 aromatic heterocycles. The predicted octanol–water partition coefficient (Wildman–Crippen LogP) is 3.39. The smallest absolute Gasteiger partial charge is 0.244 e. The second-order valence-electron chi connectivity index (χ2n) is 9.33. The average molecular weight is 518 g/mol. The van der Waals surface area contributed by atoms with Crippen LogP contribution in [0.5, 0.6) is 5.75 Å². The number of carbonyl (C=O) groups is 2. The summed E-state index contributed by atoms with van der Waals surface area (Å²) in [5.74, 6) is -0.0936. The lowest BCUT2D eigenvalue weighted by atomic mass is 10.1. The van der Waals surface area contributed by atoms with E-state index in [1.54, 1.807) is 12.1 Å². The van der Waals surface area contributed by atoms with Gasteiger partial charge in [0, 0.05) is 13.1 Å². The van der Waals surface area contributed by atoms with Crippen molar-refractivity contribution in [1.29, 1.82) is 0 Å². The van der Waals surface area contributed by atoms with Crippen molar-refractivity contribution in [2.45, 2.75) is 46.6 Å². The van der Waals surface area contributed by atoms with Crippen LogP contribution in [0.25, 0.3) is 0 Å². The molecule has 1 atom stereocenters. The van der Waals surface area contributed by atoms with Crippen molar-refractivity contribution in [3.8, 4) is 5.75 Å². The minimum absolute atomic E-state index is 0.244. The van der Waals surface area contributed by atoms with E-state index in [-0.39, 0.29) is 24.1 Å². The van der Waals surface area contributed by atoms with Crippen molar-refractivity contribution < 1.29 is 22.7 Å². The summed E-state index contributed by atoms with van der Waals surface area (Å²) in [6.45, 7) is 8.01. The van der Waals surface area contributed by atoms with E-state index in [0.717, 1.165) is 21.7 Å². The normalized spacial score (nSPS) is 12.2. The highest BCUT2D eigenvalue weighted by molar-refractivity contribution is 7.92. The maximum atomic E-state index is 13.7. The molecular formula is C27H39N3O5S. The SMILES string of the molecule is CC[C@@H](C(=O)NCC(C)C)N(CCc1ccccc1)C(=O)CN(c1cc(C)ccc1OC)S(C)(=O)=O. The molecular weight excluding hydrogens is 478 g/mol. The Morgan fingerprint density at radius 2 is 1.75 bits per heavy atom. The molecule has 36 heavy (non-hydrogen) atoms. The number of amides is 2. The number of carbonyl (C=O) groups excluding carboxylic acids is 2. The fourth-order valence-electron chi connectivity index (χ4n) is 3.91. The summed E-state index contributed by atoms with van der Waals surface area (Å²) in [5, 5.41) is 2.92. The Labute approximate surface area is 215 Å². The van der Waals surface area contributed by atoms with E-state index >= 15 is 0 Å². The third kappa shape index (κ3) is 8.26. The summed E-state index contributed by atoms with van der Waals surface area (Å²) in [6.07, 6.45) is 1.99. The number of methoxy groups -OCH3 is 1. The molecule has 0 unspecified atom stereocenters. The summed E-state index contributed by atoms with van der Waals surface area (Å²) in [4.78, 5) is 28.3. The zero-order valence-electron chi connectivity index (χ0n) is 22.2. The van der Waals surface area contributed by atoms with Gasteiger partial charge in [0.2, 0.25) is 21.8 Å². The van der Waals surface area contributed by atoms with E-state index in [1.165, 1.54) is 12.0 Å². The lowest BCUT2D eigenvalue weighted by Crippen LogP contribution is -2.53. The van der Waals surface area contributed by atoms with Gasteiger partial charge >= 0.3 is 0 Å². The average Bonchev–Trinajstić information content (AvgIpc) is 2.83. The number of anilines is 1. The van der Waals surface area contributed by atoms with Crippen molar-refractivity contribution in [2.75, 3.05) is 37.3 Å². The molecule has 0 radical (unpaired) electrons. The third-order valence-corrected chi connectivity index (χ3v) is 6.96. The number of nitrogens with one attached hydrogen (secondary N) is 1. The van der Waals surface area contributed by atoms with Gasteiger partial charge in [0.25, 0.3) is 0 Å². The summed E-state index contributed by atoms with van der Waals surface area (Å²) in [5.41, 5.74) is 2.13. The van der Waals surface area contributed by atoms with Crippen molar-refractivity contribution in [3.05, 3.63) is 59.7 Å². The molecule has 2 amide bonds. The van der Waals surface area contributed by atoms with Crippen LogP contribution in [0.4, 0.5) is 5.69 Å². The first kappa shape index (κ1) is 29.2. The van der Waals surface area contributed by atoms with Crippen LogP contribution in [-0.2, 0) is 26.0 Å². The van der Waals surface area contributed by atoms with Crippen molar-refractivity contribution in [3.63, 3.8) is 0 Å². The molecule has 9 heteroatoms. The Morgan fingerprint density at radius 1 is 1.08 bits per heavy atom. The van der Waals surface area contributed by atoms with Gasteiger partial charge in [-0.3, -0.25) is 13.9 Å². The highest BCUT2D eigenvalue weighted by Crippen LogP contribution is 2.31. The van der Waals surface area contributed by atoms with E-state index < -0.39 is 28.5 Å². The highest BCUT2D eigenvalue weighted by atomic mass is 32.2. The number of ether oxygens (including phenoxy) is 1. The minimum atomic E-state index is -3.83. The number of rotatable bonds is 13. The van der Waals surface area contributed by atoms with E-state index in [4.69, 9.17) is 4.74 Å². The van der Waals surface area contributed by atoms with Gasteiger partial charge in [0.05, 0.1) is 19.1 Å². The van der Waals surface area contributed by atoms with Crippen LogP contribution in [-0.4, -0.2) is 64.2 Å². The maximum absolute atomic E-state index is 13.7. The summed E-state index contributed by atoms with van der Waals surface area (Å²) >= 11 is 0. The second kappa shape index (κ2) is 13.3. The first-order valence-electron chi connectivity index (χ1n) is 12.2. The Hall–Kier alpha value is -3.07. The largest absolute Gasteiger partial charge is 0.495 e. The van der Waals surface area contributed by atoms with Crippen LogP contribution < -0.4 is 14.4 Å². The monoisotopic (exact) mass is 517 g/mol. The number of nitrogens with zero attached hydrogens (tertiary/aromatic N) is 2. The van der Waals surface area contributed by atoms with Gasteiger partial charge in [0.15, 0.2) is 0 Å². The first-order valence-corrected chi connectivity index (χ1v) is 14.1. The molecule has 1 N–H and O–H groups in total. The first-order chi connectivity index (χ1) is 17.0. The Kier molecular flexibility index (Phi) is 10.8. The molecule has 0 fully saturated rings. The van der Waals surface area contributed by atoms with Gasteiger partial charge in [-0.15, -0.1) is 0 Å². The number of hydrogen-bond acceptors (Lipinski definition) is 5.